The Bertz CT molecular complexity index is 1300. The summed E-state index contributed by atoms with van der Waals surface area (Å²) in [5.74, 6) is 0.292. The first kappa shape index (κ1) is 36.1. The molecule has 12 nitrogen and oxygen atoms in total. The fourth-order valence-corrected chi connectivity index (χ4v) is 3.46. The highest BCUT2D eigenvalue weighted by atomic mass is 32.2. The SMILES string of the molecule is CC/C=C/CCC[C@H](C)C(=O)NCc1ccc(OC(=O)OC[n+]2cccc(C(=O)N(C)C)c2)c(OC)c1.CS(=O)(=O)[O-]. The minimum absolute atomic E-state index is 0.00352. The van der Waals surface area contributed by atoms with Gasteiger partial charge in [-0.05, 0) is 49.4 Å². The van der Waals surface area contributed by atoms with Crippen molar-refractivity contribution in [2.45, 2.75) is 52.8 Å². The molecule has 13 heteroatoms. The fourth-order valence-electron chi connectivity index (χ4n) is 3.46. The second-order valence-electron chi connectivity index (χ2n) is 9.55. The maximum absolute atomic E-state index is 12.4. The van der Waals surface area contributed by atoms with Gasteiger partial charge in [0.1, 0.15) is 5.56 Å². The Hall–Kier alpha value is -3.97. The molecule has 0 aliphatic rings. The molecule has 2 aromatic rings. The molecule has 0 saturated heterocycles. The number of allylic oxidation sites excluding steroid dienone is 2. The number of rotatable bonds is 13. The molecule has 2 amide bonds. The topological polar surface area (TPSA) is 155 Å². The van der Waals surface area contributed by atoms with Gasteiger partial charge in [0.25, 0.3) is 12.6 Å². The van der Waals surface area contributed by atoms with Crippen LogP contribution in [-0.4, -0.2) is 63.3 Å². The summed E-state index contributed by atoms with van der Waals surface area (Å²) in [5, 5.41) is 2.95. The van der Waals surface area contributed by atoms with Crippen molar-refractivity contribution in [3.63, 3.8) is 0 Å². The van der Waals surface area contributed by atoms with E-state index in [1.165, 1.54) is 12.0 Å². The summed E-state index contributed by atoms with van der Waals surface area (Å²) in [7, 11) is 0.873. The molecule has 232 valence electrons. The van der Waals surface area contributed by atoms with Crippen molar-refractivity contribution >= 4 is 28.1 Å². The van der Waals surface area contributed by atoms with Crippen molar-refractivity contribution in [1.82, 2.24) is 10.2 Å². The van der Waals surface area contributed by atoms with Gasteiger partial charge in [0.15, 0.2) is 23.9 Å². The van der Waals surface area contributed by atoms with Crippen LogP contribution in [0.1, 0.15) is 55.5 Å². The number of carbonyl (C=O) groups excluding carboxylic acids is 3. The standard InChI is InChI=1S/C28H37N3O6.CH4O3S/c1-6-7-8-9-10-12-21(2)26(32)29-18-22-14-15-24(25(17-22)35-5)37-28(34)36-20-31-16-11-13-23(19-31)27(33)30(3)4;1-5(2,3)4/h7-8,11,13-17,19,21H,6,9-10,12,18,20H2,1-5H3;1H3,(H,2,3,4)/b8-7+;/t21-;/m0./s1. The predicted molar refractivity (Wildman–Crippen MR) is 155 cm³/mol. The van der Waals surface area contributed by atoms with Crippen LogP contribution in [0.25, 0.3) is 0 Å². The van der Waals surface area contributed by atoms with Gasteiger partial charge in [-0.3, -0.25) is 9.59 Å². The van der Waals surface area contributed by atoms with Crippen molar-refractivity contribution in [1.29, 1.82) is 0 Å². The minimum Gasteiger partial charge on any atom is -0.748 e. The first-order valence-corrected chi connectivity index (χ1v) is 15.1. The monoisotopic (exact) mass is 607 g/mol. The van der Waals surface area contributed by atoms with Gasteiger partial charge < -0.3 is 29.0 Å². The summed E-state index contributed by atoms with van der Waals surface area (Å²) in [4.78, 5) is 38.2. The van der Waals surface area contributed by atoms with Gasteiger partial charge in [0, 0.05) is 38.9 Å². The van der Waals surface area contributed by atoms with E-state index in [1.54, 1.807) is 61.4 Å². The largest absolute Gasteiger partial charge is 0.748 e. The Labute approximate surface area is 248 Å². The first-order chi connectivity index (χ1) is 19.7. The highest BCUT2D eigenvalue weighted by Crippen LogP contribution is 2.28. The van der Waals surface area contributed by atoms with Gasteiger partial charge >= 0.3 is 6.16 Å². The molecule has 0 aliphatic heterocycles. The maximum Gasteiger partial charge on any atom is 0.518 e. The smallest absolute Gasteiger partial charge is 0.518 e. The molecule has 1 atom stereocenters. The number of aromatic nitrogens is 1. The van der Waals surface area contributed by atoms with E-state index in [2.05, 4.69) is 24.4 Å². The van der Waals surface area contributed by atoms with Crippen molar-refractivity contribution in [2.75, 3.05) is 27.5 Å². The van der Waals surface area contributed by atoms with E-state index in [0.29, 0.717) is 24.1 Å². The molecule has 0 aliphatic carbocycles. The number of carbonyl (C=O) groups is 3. The quantitative estimate of drug-likeness (QED) is 0.0900. The number of pyridine rings is 1. The zero-order chi connectivity index (χ0) is 31.7. The van der Waals surface area contributed by atoms with Crippen LogP contribution >= 0.6 is 0 Å². The first-order valence-electron chi connectivity index (χ1n) is 13.3. The maximum atomic E-state index is 12.4. The highest BCUT2D eigenvalue weighted by molar-refractivity contribution is 7.84. The normalized spacial score (nSPS) is 11.6. The molecule has 0 saturated carbocycles. The van der Waals surface area contributed by atoms with Crippen molar-refractivity contribution in [3.05, 3.63) is 66.0 Å². The third-order valence-electron chi connectivity index (χ3n) is 5.59. The second-order valence-corrected chi connectivity index (χ2v) is 11.0. The molecule has 1 N–H and O–H groups in total. The van der Waals surface area contributed by atoms with Crippen LogP contribution in [-0.2, 0) is 32.9 Å². The lowest BCUT2D eigenvalue weighted by Gasteiger charge is -2.13. The molecule has 0 radical (unpaired) electrons. The van der Waals surface area contributed by atoms with Crippen LogP contribution in [0.15, 0.2) is 54.9 Å². The molecule has 0 bridgehead atoms. The molecule has 0 unspecified atom stereocenters. The van der Waals surface area contributed by atoms with Gasteiger partial charge in [0.2, 0.25) is 5.91 Å². The average molecular weight is 608 g/mol. The minimum atomic E-state index is -3.92. The lowest BCUT2D eigenvalue weighted by atomic mass is 10.0. The summed E-state index contributed by atoms with van der Waals surface area (Å²) in [6, 6.07) is 8.41. The van der Waals surface area contributed by atoms with E-state index in [9.17, 15) is 14.4 Å². The second kappa shape index (κ2) is 18.5. The number of ether oxygens (including phenoxy) is 3. The molecule has 2 rings (SSSR count). The van der Waals surface area contributed by atoms with Gasteiger partial charge in [-0.1, -0.05) is 32.1 Å². The van der Waals surface area contributed by atoms with Gasteiger partial charge in [-0.25, -0.2) is 13.2 Å². The molecular formula is C29H41N3O9S. The Morgan fingerprint density at radius 3 is 2.45 bits per heavy atom. The Kier molecular flexibility index (Phi) is 15.8. The fraction of sp³-hybridized carbons (Fsp3) is 0.448. The van der Waals surface area contributed by atoms with Crippen LogP contribution in [0, 0.1) is 5.92 Å². The summed E-state index contributed by atoms with van der Waals surface area (Å²) in [6.07, 6.45) is 11.0. The average Bonchev–Trinajstić information content (AvgIpc) is 2.93. The number of methoxy groups -OCH3 is 1. The van der Waals surface area contributed by atoms with E-state index in [4.69, 9.17) is 27.2 Å². The van der Waals surface area contributed by atoms with Crippen LogP contribution in [0.5, 0.6) is 11.5 Å². The molecule has 1 aromatic heterocycles. The molecular weight excluding hydrogens is 566 g/mol. The van der Waals surface area contributed by atoms with E-state index >= 15 is 0 Å². The van der Waals surface area contributed by atoms with Crippen LogP contribution in [0.2, 0.25) is 0 Å². The van der Waals surface area contributed by atoms with Crippen LogP contribution in [0.4, 0.5) is 4.79 Å². The number of unbranched alkanes of at least 4 members (excludes halogenated alkanes) is 1. The Morgan fingerprint density at radius 1 is 1.14 bits per heavy atom. The van der Waals surface area contributed by atoms with Crippen molar-refractivity contribution < 1.29 is 46.1 Å². The third kappa shape index (κ3) is 15.1. The highest BCUT2D eigenvalue weighted by Gasteiger charge is 2.17. The molecule has 42 heavy (non-hydrogen) atoms. The van der Waals surface area contributed by atoms with Crippen molar-refractivity contribution in [2.24, 2.45) is 5.92 Å². The molecule has 1 aromatic carbocycles. The summed E-state index contributed by atoms with van der Waals surface area (Å²) < 4.78 is 44.6. The van der Waals surface area contributed by atoms with E-state index in [0.717, 1.165) is 31.2 Å². The Morgan fingerprint density at radius 2 is 1.83 bits per heavy atom. The van der Waals surface area contributed by atoms with Crippen LogP contribution in [0.3, 0.4) is 0 Å². The van der Waals surface area contributed by atoms with E-state index < -0.39 is 16.3 Å². The predicted octanol–water partition coefficient (Wildman–Crippen LogP) is 3.41. The van der Waals surface area contributed by atoms with Crippen molar-refractivity contribution in [3.8, 4) is 11.5 Å². The molecule has 0 fully saturated rings. The van der Waals surface area contributed by atoms with Crippen LogP contribution < -0.4 is 19.4 Å². The number of amides is 2. The van der Waals surface area contributed by atoms with Gasteiger partial charge in [-0.15, -0.1) is 0 Å². The summed E-state index contributed by atoms with van der Waals surface area (Å²) >= 11 is 0. The molecule has 1 heterocycles. The third-order valence-corrected chi connectivity index (χ3v) is 5.59. The lowest BCUT2D eigenvalue weighted by molar-refractivity contribution is -0.727. The number of hydrogen-bond donors (Lipinski definition) is 1. The number of nitrogens with zero attached hydrogens (tertiary/aromatic N) is 2. The number of benzene rings is 1. The lowest BCUT2D eigenvalue weighted by Crippen LogP contribution is -2.37. The number of nitrogens with one attached hydrogen (secondary N) is 1. The summed E-state index contributed by atoms with van der Waals surface area (Å²) in [6.45, 7) is 4.23. The number of hydrogen-bond acceptors (Lipinski definition) is 9. The van der Waals surface area contributed by atoms with E-state index in [-0.39, 0.29) is 30.2 Å². The Balaban J connectivity index is 0.00000162. The summed E-state index contributed by atoms with van der Waals surface area (Å²) in [5.41, 5.74) is 1.27. The zero-order valence-electron chi connectivity index (χ0n) is 25.0. The van der Waals surface area contributed by atoms with E-state index in [1.807, 2.05) is 6.92 Å². The van der Waals surface area contributed by atoms with Gasteiger partial charge in [-0.2, -0.15) is 4.57 Å². The zero-order valence-corrected chi connectivity index (χ0v) is 25.8. The van der Waals surface area contributed by atoms with Gasteiger partial charge in [0.05, 0.1) is 17.2 Å². The molecule has 0 spiro atoms.